The Labute approximate surface area is 236 Å². The second-order valence-electron chi connectivity index (χ2n) is 9.74. The van der Waals surface area contributed by atoms with Crippen LogP contribution in [0.4, 0.5) is 0 Å². The van der Waals surface area contributed by atoms with Crippen LogP contribution in [0.3, 0.4) is 0 Å². The number of hydrogen-bond acceptors (Lipinski definition) is 14. The lowest BCUT2D eigenvalue weighted by Gasteiger charge is -2.44. The number of hydrogen-bond donors (Lipinski definition) is 3. The maximum atomic E-state index is 12.0. The van der Waals surface area contributed by atoms with E-state index >= 15 is 0 Å². The predicted octanol–water partition coefficient (Wildman–Crippen LogP) is -1.05. The molecule has 2 aliphatic heterocycles. The minimum Gasteiger partial charge on any atom is -0.463 e. The summed E-state index contributed by atoms with van der Waals surface area (Å²) in [5, 5.41) is 10.3. The minimum atomic E-state index is -1.25. The third-order valence-electron chi connectivity index (χ3n) is 6.26. The van der Waals surface area contributed by atoms with E-state index in [1.54, 1.807) is 0 Å². The van der Waals surface area contributed by atoms with Gasteiger partial charge in [0, 0.05) is 60.4 Å². The maximum Gasteiger partial charge on any atom is 0.303 e. The molecule has 14 nitrogen and oxygen atoms in total. The van der Waals surface area contributed by atoms with Gasteiger partial charge in [-0.15, -0.1) is 0 Å². The molecule has 0 aromatic rings. The third kappa shape index (κ3) is 13.3. The maximum absolute atomic E-state index is 12.0. The van der Waals surface area contributed by atoms with E-state index in [0.717, 1.165) is 65.2 Å². The van der Waals surface area contributed by atoms with Crippen molar-refractivity contribution in [2.24, 2.45) is 0 Å². The molecule has 0 spiro atoms. The molecule has 2 rings (SSSR count). The van der Waals surface area contributed by atoms with Gasteiger partial charge < -0.3 is 44.4 Å². The fraction of sp³-hybridized carbons (Fsp3) is 0.846. The molecular weight excluding hydrogens is 528 g/mol. The number of carbonyl (C=O) groups excluding carboxylic acids is 4. The summed E-state index contributed by atoms with van der Waals surface area (Å²) < 4.78 is 33.5. The molecule has 0 aromatic carbocycles. The van der Waals surface area contributed by atoms with Gasteiger partial charge in [-0.1, -0.05) is 0 Å². The van der Waals surface area contributed by atoms with Gasteiger partial charge in [0.15, 0.2) is 24.6 Å². The Morgan fingerprint density at radius 1 is 0.700 bits per heavy atom. The molecule has 0 bridgehead atoms. The highest BCUT2D eigenvalue weighted by Gasteiger charge is 2.52. The molecule has 0 aliphatic carbocycles. The summed E-state index contributed by atoms with van der Waals surface area (Å²) in [6, 6.07) is 0. The lowest BCUT2D eigenvalue weighted by Crippen LogP contribution is -2.63. The van der Waals surface area contributed by atoms with Crippen molar-refractivity contribution in [3.63, 3.8) is 0 Å². The van der Waals surface area contributed by atoms with Crippen molar-refractivity contribution in [3.8, 4) is 0 Å². The van der Waals surface area contributed by atoms with E-state index in [1.807, 2.05) is 0 Å². The van der Waals surface area contributed by atoms with Gasteiger partial charge in [-0.05, 0) is 39.0 Å². The Bertz CT molecular complexity index is 787. The molecular formula is C26H46N4O10. The molecule has 0 unspecified atom stereocenters. The molecule has 0 radical (unpaired) electrons. The van der Waals surface area contributed by atoms with Crippen LogP contribution in [0.25, 0.3) is 0 Å². The zero-order valence-electron chi connectivity index (χ0n) is 24.1. The molecule has 3 N–H and O–H groups in total. The third-order valence-corrected chi connectivity index (χ3v) is 6.26. The van der Waals surface area contributed by atoms with Crippen LogP contribution < -0.4 is 16.0 Å². The summed E-state index contributed by atoms with van der Waals surface area (Å²) in [6.07, 6.45) is -3.88. The zero-order chi connectivity index (χ0) is 29.3. The van der Waals surface area contributed by atoms with Crippen molar-refractivity contribution in [2.75, 3.05) is 72.1 Å². The van der Waals surface area contributed by atoms with Crippen molar-refractivity contribution < 1.29 is 47.6 Å². The summed E-state index contributed by atoms with van der Waals surface area (Å²) in [7, 11) is 0. The van der Waals surface area contributed by atoms with Gasteiger partial charge in [-0.2, -0.15) is 0 Å². The number of ether oxygens (including phenoxy) is 6. The molecule has 0 saturated carbocycles. The van der Waals surface area contributed by atoms with E-state index in [4.69, 9.17) is 28.4 Å². The fourth-order valence-electron chi connectivity index (χ4n) is 4.51. The van der Waals surface area contributed by atoms with Crippen molar-refractivity contribution in [1.82, 2.24) is 20.9 Å². The summed E-state index contributed by atoms with van der Waals surface area (Å²) in [6.45, 7) is 12.4. The van der Waals surface area contributed by atoms with Crippen LogP contribution in [0, 0.1) is 0 Å². The van der Waals surface area contributed by atoms with Gasteiger partial charge in [-0.25, -0.2) is 0 Å². The lowest BCUT2D eigenvalue weighted by atomic mass is 9.98. The highest BCUT2D eigenvalue weighted by molar-refractivity contribution is 5.68. The highest BCUT2D eigenvalue weighted by Crippen LogP contribution is 2.30. The van der Waals surface area contributed by atoms with E-state index < -0.39 is 54.6 Å². The number of carbonyl (C=O) groups is 4. The first kappa shape index (κ1) is 33.8. The minimum absolute atomic E-state index is 0.213. The topological polar surface area (TPSA) is 163 Å². The zero-order valence-corrected chi connectivity index (χ0v) is 24.1. The van der Waals surface area contributed by atoms with Gasteiger partial charge in [0.2, 0.25) is 0 Å². The normalized spacial score (nSPS) is 27.6. The summed E-state index contributed by atoms with van der Waals surface area (Å²) in [4.78, 5) is 49.6. The number of nitrogens with zero attached hydrogens (tertiary/aromatic N) is 1. The van der Waals surface area contributed by atoms with Gasteiger partial charge in [-0.3, -0.25) is 24.1 Å². The predicted molar refractivity (Wildman–Crippen MR) is 142 cm³/mol. The number of rotatable bonds is 9. The molecule has 14 heteroatoms. The van der Waals surface area contributed by atoms with Gasteiger partial charge in [0.25, 0.3) is 0 Å². The average Bonchev–Trinajstić information content (AvgIpc) is 2.87. The van der Waals surface area contributed by atoms with Crippen LogP contribution in [-0.4, -0.2) is 132 Å². The SMILES string of the molecule is CC(=O)OC[C@H]1O[C@@H](OCCN2CCCNCCNCCCNCC2)[C@H](OC(C)=O)[C@@H](OC(C)=O)[C@@H]1OC(C)=O. The Hall–Kier alpha value is -2.36. The van der Waals surface area contributed by atoms with Crippen LogP contribution in [0.2, 0.25) is 0 Å². The van der Waals surface area contributed by atoms with E-state index in [-0.39, 0.29) is 13.2 Å². The largest absolute Gasteiger partial charge is 0.463 e. The van der Waals surface area contributed by atoms with Gasteiger partial charge >= 0.3 is 23.9 Å². The quantitative estimate of drug-likeness (QED) is 0.226. The first-order valence-electron chi connectivity index (χ1n) is 13.9. The van der Waals surface area contributed by atoms with Gasteiger partial charge in [0.1, 0.15) is 12.7 Å². The first-order valence-corrected chi connectivity index (χ1v) is 13.9. The van der Waals surface area contributed by atoms with Crippen molar-refractivity contribution in [3.05, 3.63) is 0 Å². The number of nitrogens with one attached hydrogen (secondary N) is 3. The summed E-state index contributed by atoms with van der Waals surface area (Å²) in [5.74, 6) is -2.60. The molecule has 2 aliphatic rings. The van der Waals surface area contributed by atoms with Crippen LogP contribution in [0.5, 0.6) is 0 Å². The molecule has 5 atom stereocenters. The first-order chi connectivity index (χ1) is 19.2. The van der Waals surface area contributed by atoms with E-state index in [9.17, 15) is 19.2 Å². The standard InChI is InChI=1S/C26H46N4O10/c1-18(31)36-17-22-23(37-19(2)32)24(38-20(3)33)25(39-21(4)34)26(40-22)35-16-15-30-13-6-9-28-11-10-27-7-5-8-29-12-14-30/h22-29H,5-17H2,1-4H3/t22-,23-,24+,25-,26-/m1/s1. The molecule has 230 valence electrons. The molecule has 0 aromatic heterocycles. The van der Waals surface area contributed by atoms with E-state index in [0.29, 0.717) is 6.54 Å². The molecule has 2 heterocycles. The lowest BCUT2D eigenvalue weighted by molar-refractivity contribution is -0.308. The Morgan fingerprint density at radius 2 is 1.27 bits per heavy atom. The van der Waals surface area contributed by atoms with E-state index in [2.05, 4.69) is 20.9 Å². The van der Waals surface area contributed by atoms with Crippen LogP contribution >= 0.6 is 0 Å². The monoisotopic (exact) mass is 574 g/mol. The Kier molecular flexibility index (Phi) is 16.0. The molecule has 40 heavy (non-hydrogen) atoms. The highest BCUT2D eigenvalue weighted by atomic mass is 16.7. The Balaban J connectivity index is 2.13. The summed E-state index contributed by atoms with van der Waals surface area (Å²) in [5.41, 5.74) is 0. The van der Waals surface area contributed by atoms with Crippen LogP contribution in [0.1, 0.15) is 40.5 Å². The van der Waals surface area contributed by atoms with E-state index in [1.165, 1.54) is 27.7 Å². The van der Waals surface area contributed by atoms with Crippen LogP contribution in [-0.2, 0) is 47.6 Å². The second kappa shape index (κ2) is 18.9. The van der Waals surface area contributed by atoms with Gasteiger partial charge in [0.05, 0.1) is 6.61 Å². The summed E-state index contributed by atoms with van der Waals surface area (Å²) >= 11 is 0. The van der Waals surface area contributed by atoms with Crippen molar-refractivity contribution in [1.29, 1.82) is 0 Å². The van der Waals surface area contributed by atoms with Crippen molar-refractivity contribution >= 4 is 23.9 Å². The smallest absolute Gasteiger partial charge is 0.303 e. The Morgan fingerprint density at radius 3 is 1.90 bits per heavy atom. The average molecular weight is 575 g/mol. The fourth-order valence-corrected chi connectivity index (χ4v) is 4.51. The molecule has 2 fully saturated rings. The number of esters is 4. The second-order valence-corrected chi connectivity index (χ2v) is 9.74. The molecule has 0 amide bonds. The van der Waals surface area contributed by atoms with Crippen LogP contribution in [0.15, 0.2) is 0 Å². The molecule has 2 saturated heterocycles. The van der Waals surface area contributed by atoms with Crippen molar-refractivity contribution in [2.45, 2.75) is 71.2 Å².